The molecule has 0 atom stereocenters. The van der Waals surface area contributed by atoms with Gasteiger partial charge in [0.2, 0.25) is 0 Å². The summed E-state index contributed by atoms with van der Waals surface area (Å²) in [5.41, 5.74) is 19.5. The molecule has 9 aromatic carbocycles. The smallest absolute Gasteiger partial charge is 0.164 e. The third-order valence-corrected chi connectivity index (χ3v) is 13.0. The SMILES string of the molecule is c1ccc(-c2nc(-c3ccc(-c4ccc(-c5ccc6c(c5)-c5ccccc5C65c6ccccc6-c6ccccc65)cc4)cc3)nc(-c3ccc4oc5ccccc5c4c3)n2)cc1. The van der Waals surface area contributed by atoms with Crippen molar-refractivity contribution >= 4 is 21.9 Å². The van der Waals surface area contributed by atoms with Crippen LogP contribution < -0.4 is 0 Å². The van der Waals surface area contributed by atoms with Gasteiger partial charge in [-0.1, -0.05) is 182 Å². The third-order valence-electron chi connectivity index (χ3n) is 13.0. The number of para-hydroxylation sites is 1. The van der Waals surface area contributed by atoms with Crippen LogP contribution in [0, 0.1) is 0 Å². The largest absolute Gasteiger partial charge is 0.456 e. The van der Waals surface area contributed by atoms with Crippen molar-refractivity contribution in [2.45, 2.75) is 5.41 Å². The highest BCUT2D eigenvalue weighted by Crippen LogP contribution is 2.63. The van der Waals surface area contributed by atoms with Crippen molar-refractivity contribution < 1.29 is 4.42 Å². The molecule has 4 heteroatoms. The van der Waals surface area contributed by atoms with Gasteiger partial charge in [-0.2, -0.15) is 0 Å². The van der Waals surface area contributed by atoms with Crippen LogP contribution in [0.2, 0.25) is 0 Å². The lowest BCUT2D eigenvalue weighted by molar-refractivity contribution is 0.669. The first-order valence-electron chi connectivity index (χ1n) is 21.1. The zero-order valence-corrected chi connectivity index (χ0v) is 33.5. The van der Waals surface area contributed by atoms with Crippen LogP contribution in [0.5, 0.6) is 0 Å². The summed E-state index contributed by atoms with van der Waals surface area (Å²) in [4.78, 5) is 15.0. The second-order valence-electron chi connectivity index (χ2n) is 16.3. The Morgan fingerprint density at radius 3 is 1.32 bits per heavy atom. The molecule has 0 saturated carbocycles. The Morgan fingerprint density at radius 2 is 0.694 bits per heavy atom. The van der Waals surface area contributed by atoms with Crippen molar-refractivity contribution in [2.75, 3.05) is 0 Å². The number of hydrogen-bond acceptors (Lipinski definition) is 4. The highest BCUT2D eigenvalue weighted by atomic mass is 16.3. The zero-order chi connectivity index (χ0) is 40.8. The average molecular weight is 790 g/mol. The molecule has 0 unspecified atom stereocenters. The van der Waals surface area contributed by atoms with E-state index in [2.05, 4.69) is 152 Å². The lowest BCUT2D eigenvalue weighted by Gasteiger charge is -2.30. The minimum Gasteiger partial charge on any atom is -0.456 e. The van der Waals surface area contributed by atoms with Crippen LogP contribution in [-0.4, -0.2) is 15.0 Å². The molecule has 2 aromatic heterocycles. The lowest BCUT2D eigenvalue weighted by atomic mass is 9.70. The Labute approximate surface area is 358 Å². The van der Waals surface area contributed by atoms with E-state index in [1.165, 1.54) is 55.6 Å². The van der Waals surface area contributed by atoms with E-state index in [9.17, 15) is 0 Å². The van der Waals surface area contributed by atoms with E-state index in [0.717, 1.165) is 49.8 Å². The number of furan rings is 1. The molecule has 62 heavy (non-hydrogen) atoms. The molecule has 0 amide bonds. The van der Waals surface area contributed by atoms with Crippen LogP contribution in [0.4, 0.5) is 0 Å². The van der Waals surface area contributed by atoms with Crippen LogP contribution >= 0.6 is 0 Å². The number of benzene rings is 9. The van der Waals surface area contributed by atoms with Gasteiger partial charge in [0.1, 0.15) is 11.2 Å². The maximum absolute atomic E-state index is 6.12. The molecule has 0 radical (unpaired) electrons. The Kier molecular flexibility index (Phi) is 7.49. The number of nitrogens with zero attached hydrogens (tertiary/aromatic N) is 3. The summed E-state index contributed by atoms with van der Waals surface area (Å²) in [6.45, 7) is 0. The van der Waals surface area contributed by atoms with Gasteiger partial charge < -0.3 is 4.42 Å². The van der Waals surface area contributed by atoms with Crippen LogP contribution in [0.1, 0.15) is 22.3 Å². The molecule has 2 aliphatic carbocycles. The summed E-state index contributed by atoms with van der Waals surface area (Å²) in [6, 6.07) is 75.8. The van der Waals surface area contributed by atoms with E-state index in [1.54, 1.807) is 0 Å². The summed E-state index contributed by atoms with van der Waals surface area (Å²) in [5, 5.41) is 2.10. The van der Waals surface area contributed by atoms with Crippen molar-refractivity contribution in [2.24, 2.45) is 0 Å². The van der Waals surface area contributed by atoms with E-state index in [-0.39, 0.29) is 5.41 Å². The Hall–Kier alpha value is -8.21. The predicted octanol–water partition coefficient (Wildman–Crippen LogP) is 14.4. The van der Waals surface area contributed by atoms with Gasteiger partial charge in [0, 0.05) is 27.5 Å². The molecule has 1 spiro atoms. The molecule has 4 nitrogen and oxygen atoms in total. The van der Waals surface area contributed by atoms with Gasteiger partial charge in [0.05, 0.1) is 5.41 Å². The molecule has 0 N–H and O–H groups in total. The lowest BCUT2D eigenvalue weighted by Crippen LogP contribution is -2.25. The zero-order valence-electron chi connectivity index (χ0n) is 33.5. The van der Waals surface area contributed by atoms with Gasteiger partial charge in [-0.3, -0.25) is 0 Å². The average Bonchev–Trinajstić information content (AvgIpc) is 3.98. The molecule has 0 bridgehead atoms. The highest BCUT2D eigenvalue weighted by Gasteiger charge is 2.51. The molecular formula is C58H35N3O. The minimum atomic E-state index is -0.330. The van der Waals surface area contributed by atoms with Crippen molar-refractivity contribution in [3.8, 4) is 78.7 Å². The molecule has 2 aliphatic rings. The topological polar surface area (TPSA) is 51.8 Å². The van der Waals surface area contributed by atoms with Crippen molar-refractivity contribution in [3.05, 3.63) is 235 Å². The second kappa shape index (κ2) is 13.4. The molecule has 0 fully saturated rings. The van der Waals surface area contributed by atoms with Crippen molar-refractivity contribution in [3.63, 3.8) is 0 Å². The first-order valence-corrected chi connectivity index (χ1v) is 21.1. The van der Waals surface area contributed by atoms with Gasteiger partial charge in [-0.15, -0.1) is 0 Å². The second-order valence-corrected chi connectivity index (χ2v) is 16.3. The Morgan fingerprint density at radius 1 is 0.274 bits per heavy atom. The monoisotopic (exact) mass is 789 g/mol. The van der Waals surface area contributed by atoms with Gasteiger partial charge in [0.15, 0.2) is 17.5 Å². The standard InChI is InChI=1S/C58H35N3O/c1-2-12-39(13-3-1)55-59-56(61-57(60-55)42-31-33-54-48(35-42)46-17-7-11-21-53(46)62-54)40-28-26-37(27-29-40)36-22-24-38(25-23-36)41-30-32-52-47(34-41)45-16-6-10-20-51(45)58(52)49-18-8-4-14-43(49)44-15-5-9-19-50(44)58/h1-35H. The summed E-state index contributed by atoms with van der Waals surface area (Å²) in [7, 11) is 0. The van der Waals surface area contributed by atoms with E-state index in [0.29, 0.717) is 17.5 Å². The molecule has 0 aliphatic heterocycles. The first kappa shape index (κ1) is 34.6. The summed E-state index contributed by atoms with van der Waals surface area (Å²) < 4.78 is 6.12. The van der Waals surface area contributed by atoms with Crippen LogP contribution in [0.15, 0.2) is 217 Å². The predicted molar refractivity (Wildman–Crippen MR) is 251 cm³/mol. The first-order chi connectivity index (χ1) is 30.7. The van der Waals surface area contributed by atoms with Crippen molar-refractivity contribution in [1.29, 1.82) is 0 Å². The highest BCUT2D eigenvalue weighted by molar-refractivity contribution is 6.06. The molecule has 2 heterocycles. The van der Waals surface area contributed by atoms with E-state index in [4.69, 9.17) is 19.4 Å². The van der Waals surface area contributed by atoms with Gasteiger partial charge >= 0.3 is 0 Å². The molecule has 0 saturated heterocycles. The number of aromatic nitrogens is 3. The van der Waals surface area contributed by atoms with E-state index < -0.39 is 0 Å². The fraction of sp³-hybridized carbons (Fsp3) is 0.0172. The number of fused-ring (bicyclic) bond motifs is 13. The Bertz CT molecular complexity index is 3520. The normalized spacial score (nSPS) is 13.0. The summed E-state index contributed by atoms with van der Waals surface area (Å²) >= 11 is 0. The molecular weight excluding hydrogens is 755 g/mol. The van der Waals surface area contributed by atoms with Crippen LogP contribution in [0.3, 0.4) is 0 Å². The number of rotatable bonds is 5. The summed E-state index contributed by atoms with van der Waals surface area (Å²) in [5.74, 6) is 1.87. The summed E-state index contributed by atoms with van der Waals surface area (Å²) in [6.07, 6.45) is 0. The van der Waals surface area contributed by atoms with E-state index >= 15 is 0 Å². The quantitative estimate of drug-likeness (QED) is 0.174. The molecule has 13 rings (SSSR count). The minimum absolute atomic E-state index is 0.330. The van der Waals surface area contributed by atoms with Gasteiger partial charge in [-0.05, 0) is 97.1 Å². The fourth-order valence-corrected chi connectivity index (χ4v) is 10.2. The maximum Gasteiger partial charge on any atom is 0.164 e. The van der Waals surface area contributed by atoms with Crippen LogP contribution in [-0.2, 0) is 5.41 Å². The molecule has 288 valence electrons. The van der Waals surface area contributed by atoms with Crippen LogP contribution in [0.25, 0.3) is 101 Å². The van der Waals surface area contributed by atoms with Gasteiger partial charge in [0.25, 0.3) is 0 Å². The van der Waals surface area contributed by atoms with E-state index in [1.807, 2.05) is 60.7 Å². The van der Waals surface area contributed by atoms with Gasteiger partial charge in [-0.25, -0.2) is 15.0 Å². The third kappa shape index (κ3) is 5.10. The molecule has 11 aromatic rings. The number of hydrogen-bond donors (Lipinski definition) is 0. The Balaban J connectivity index is 0.839. The fourth-order valence-electron chi connectivity index (χ4n) is 10.2. The maximum atomic E-state index is 6.12. The van der Waals surface area contributed by atoms with Crippen molar-refractivity contribution in [1.82, 2.24) is 15.0 Å².